The van der Waals surface area contributed by atoms with E-state index in [4.69, 9.17) is 5.73 Å². The number of amides is 2. The first-order valence-electron chi connectivity index (χ1n) is 2.96. The van der Waals surface area contributed by atoms with Crippen LogP contribution in [0.2, 0.25) is 0 Å². The molecule has 0 atom stereocenters. The zero-order valence-corrected chi connectivity index (χ0v) is 5.97. The van der Waals surface area contributed by atoms with Crippen LogP contribution in [0, 0.1) is 5.92 Å². The van der Waals surface area contributed by atoms with Crippen molar-refractivity contribution < 1.29 is 4.79 Å². The Labute approximate surface area is 59.7 Å². The van der Waals surface area contributed by atoms with E-state index in [1.54, 1.807) is 0 Å². The van der Waals surface area contributed by atoms with Gasteiger partial charge in [-0.3, -0.25) is 4.31 Å². The van der Waals surface area contributed by atoms with Crippen molar-refractivity contribution in [3.05, 3.63) is 0 Å². The Balaban J connectivity index is 2.16. The fourth-order valence-corrected chi connectivity index (χ4v) is 0.866. The maximum atomic E-state index is 10.3. The van der Waals surface area contributed by atoms with Gasteiger partial charge in [0.25, 0.3) is 0 Å². The molecule has 0 heterocycles. The minimum absolute atomic E-state index is 0.453. The van der Waals surface area contributed by atoms with Gasteiger partial charge in [-0.2, -0.15) is 0 Å². The average Bonchev–Trinajstić information content (AvgIpc) is 2.50. The van der Waals surface area contributed by atoms with Crippen molar-refractivity contribution >= 4 is 18.8 Å². The van der Waals surface area contributed by atoms with E-state index in [1.165, 1.54) is 17.1 Å². The van der Waals surface area contributed by atoms with Gasteiger partial charge in [0.2, 0.25) is 0 Å². The minimum atomic E-state index is -0.453. The number of thiol groups is 1. The smallest absolute Gasteiger partial charge is 0.324 e. The molecule has 2 amide bonds. The lowest BCUT2D eigenvalue weighted by Crippen LogP contribution is -2.29. The monoisotopic (exact) mass is 146 g/mol. The quantitative estimate of drug-likeness (QED) is 0.551. The molecule has 0 spiro atoms. The summed E-state index contributed by atoms with van der Waals surface area (Å²) in [7, 11) is 0. The molecule has 3 nitrogen and oxygen atoms in total. The van der Waals surface area contributed by atoms with E-state index in [1.807, 2.05) is 0 Å². The van der Waals surface area contributed by atoms with Gasteiger partial charge in [-0.05, 0) is 18.8 Å². The van der Waals surface area contributed by atoms with Crippen LogP contribution in [-0.4, -0.2) is 16.9 Å². The summed E-state index contributed by atoms with van der Waals surface area (Å²) in [6, 6.07) is -0.453. The van der Waals surface area contributed by atoms with Crippen molar-refractivity contribution in [3.63, 3.8) is 0 Å². The van der Waals surface area contributed by atoms with Crippen LogP contribution in [-0.2, 0) is 0 Å². The van der Waals surface area contributed by atoms with Crippen LogP contribution in [0.3, 0.4) is 0 Å². The average molecular weight is 146 g/mol. The van der Waals surface area contributed by atoms with E-state index in [-0.39, 0.29) is 0 Å². The molecule has 1 rings (SSSR count). The predicted molar refractivity (Wildman–Crippen MR) is 38.0 cm³/mol. The molecule has 1 saturated carbocycles. The summed E-state index contributed by atoms with van der Waals surface area (Å²) in [6.45, 7) is 0.707. The molecule has 0 unspecified atom stereocenters. The van der Waals surface area contributed by atoms with Gasteiger partial charge in [0.1, 0.15) is 0 Å². The molecule has 2 N–H and O–H groups in total. The highest BCUT2D eigenvalue weighted by atomic mass is 32.1. The lowest BCUT2D eigenvalue weighted by molar-refractivity contribution is 0.234. The van der Waals surface area contributed by atoms with E-state index in [0.717, 1.165) is 0 Å². The van der Waals surface area contributed by atoms with Gasteiger partial charge in [-0.25, -0.2) is 4.79 Å². The number of primary amides is 1. The fraction of sp³-hybridized carbons (Fsp3) is 0.800. The largest absolute Gasteiger partial charge is 0.351 e. The predicted octanol–water partition coefficient (Wildman–Crippen LogP) is 0.622. The summed E-state index contributed by atoms with van der Waals surface area (Å²) in [5, 5.41) is 0. The summed E-state index contributed by atoms with van der Waals surface area (Å²) in [6.07, 6.45) is 2.43. The molecule has 1 aliphatic carbocycles. The molecule has 1 aliphatic rings. The van der Waals surface area contributed by atoms with Crippen molar-refractivity contribution in [3.8, 4) is 0 Å². The highest BCUT2D eigenvalue weighted by molar-refractivity contribution is 7.78. The summed E-state index contributed by atoms with van der Waals surface area (Å²) in [5.41, 5.74) is 4.92. The summed E-state index contributed by atoms with van der Waals surface area (Å²) in [5.74, 6) is 0.662. The lowest BCUT2D eigenvalue weighted by Gasteiger charge is -2.10. The number of nitrogens with two attached hydrogens (primary N) is 1. The van der Waals surface area contributed by atoms with Gasteiger partial charge < -0.3 is 5.73 Å². The van der Waals surface area contributed by atoms with E-state index < -0.39 is 6.03 Å². The van der Waals surface area contributed by atoms with Crippen molar-refractivity contribution in [2.45, 2.75) is 12.8 Å². The number of carbonyl (C=O) groups excluding carboxylic acids is 1. The molecule has 0 aromatic rings. The third-order valence-electron chi connectivity index (χ3n) is 1.38. The van der Waals surface area contributed by atoms with Crippen molar-refractivity contribution in [2.24, 2.45) is 11.7 Å². The van der Waals surface area contributed by atoms with E-state index in [2.05, 4.69) is 12.8 Å². The highest BCUT2D eigenvalue weighted by Gasteiger charge is 2.24. The first-order chi connectivity index (χ1) is 4.20. The number of hydrogen-bond donors (Lipinski definition) is 2. The van der Waals surface area contributed by atoms with Gasteiger partial charge in [-0.15, -0.1) is 0 Å². The lowest BCUT2D eigenvalue weighted by atomic mass is 10.4. The molecule has 0 aromatic carbocycles. The van der Waals surface area contributed by atoms with Crippen LogP contribution in [0.15, 0.2) is 0 Å². The SMILES string of the molecule is NC(=O)N(S)CC1CC1. The standard InChI is InChI=1S/C5H10N2OS/c6-5(8)7(9)3-4-1-2-4/h4,9H,1-3H2,(H2,6,8). The van der Waals surface area contributed by atoms with Crippen LogP contribution in [0.1, 0.15) is 12.8 Å². The number of rotatable bonds is 2. The molecule has 52 valence electrons. The highest BCUT2D eigenvalue weighted by Crippen LogP contribution is 2.29. The Hall–Kier alpha value is -0.380. The number of carbonyl (C=O) groups is 1. The topological polar surface area (TPSA) is 46.3 Å². The second-order valence-corrected chi connectivity index (χ2v) is 2.85. The Bertz CT molecular complexity index is 124. The summed E-state index contributed by atoms with van der Waals surface area (Å²) in [4.78, 5) is 10.3. The van der Waals surface area contributed by atoms with Gasteiger partial charge in [0.15, 0.2) is 0 Å². The van der Waals surface area contributed by atoms with Crippen LogP contribution in [0.25, 0.3) is 0 Å². The molecule has 9 heavy (non-hydrogen) atoms. The Kier molecular flexibility index (Phi) is 1.85. The minimum Gasteiger partial charge on any atom is -0.351 e. The maximum absolute atomic E-state index is 10.3. The van der Waals surface area contributed by atoms with E-state index in [0.29, 0.717) is 12.5 Å². The first-order valence-corrected chi connectivity index (χ1v) is 3.36. The van der Waals surface area contributed by atoms with Crippen LogP contribution >= 0.6 is 12.8 Å². The zero-order valence-electron chi connectivity index (χ0n) is 5.08. The molecule has 0 aromatic heterocycles. The molecule has 0 saturated heterocycles. The van der Waals surface area contributed by atoms with Crippen LogP contribution < -0.4 is 5.73 Å². The third-order valence-corrected chi connectivity index (χ3v) is 1.74. The Morgan fingerprint density at radius 1 is 1.78 bits per heavy atom. The van der Waals surface area contributed by atoms with E-state index >= 15 is 0 Å². The number of nitrogens with zero attached hydrogens (tertiary/aromatic N) is 1. The third kappa shape index (κ3) is 2.13. The second-order valence-electron chi connectivity index (χ2n) is 2.36. The Morgan fingerprint density at radius 2 is 2.33 bits per heavy atom. The van der Waals surface area contributed by atoms with Crippen LogP contribution in [0.5, 0.6) is 0 Å². The van der Waals surface area contributed by atoms with Gasteiger partial charge in [0, 0.05) is 6.54 Å². The van der Waals surface area contributed by atoms with Crippen molar-refractivity contribution in [2.75, 3.05) is 6.54 Å². The molecular weight excluding hydrogens is 136 g/mol. The molecule has 0 bridgehead atoms. The molecule has 1 fully saturated rings. The maximum Gasteiger partial charge on any atom is 0.324 e. The zero-order chi connectivity index (χ0) is 6.85. The first kappa shape index (κ1) is 6.74. The summed E-state index contributed by atoms with van der Waals surface area (Å²) >= 11 is 3.86. The molecule has 4 heteroatoms. The number of urea groups is 1. The van der Waals surface area contributed by atoms with Gasteiger partial charge in [0.05, 0.1) is 0 Å². The van der Waals surface area contributed by atoms with Crippen LogP contribution in [0.4, 0.5) is 4.79 Å². The van der Waals surface area contributed by atoms with E-state index in [9.17, 15) is 4.79 Å². The van der Waals surface area contributed by atoms with Gasteiger partial charge in [-0.1, -0.05) is 12.8 Å². The Morgan fingerprint density at radius 3 is 2.67 bits per heavy atom. The second kappa shape index (κ2) is 2.47. The normalized spacial score (nSPS) is 17.4. The summed E-state index contributed by atoms with van der Waals surface area (Å²) < 4.78 is 1.26. The molecule has 0 radical (unpaired) electrons. The molecule has 0 aliphatic heterocycles. The fourth-order valence-electron chi connectivity index (χ4n) is 0.635. The molecular formula is C5H10N2OS. The van der Waals surface area contributed by atoms with Gasteiger partial charge >= 0.3 is 6.03 Å². The number of hydrogen-bond acceptors (Lipinski definition) is 2. The van der Waals surface area contributed by atoms with Crippen molar-refractivity contribution in [1.29, 1.82) is 0 Å². The van der Waals surface area contributed by atoms with Crippen molar-refractivity contribution in [1.82, 2.24) is 4.31 Å².